The minimum Gasteiger partial charge on any atom is -0.457 e. The Hall–Kier alpha value is -3.13. The third kappa shape index (κ3) is 3.90. The van der Waals surface area contributed by atoms with Gasteiger partial charge in [-0.3, -0.25) is 10.2 Å². The molecule has 32 heavy (non-hydrogen) atoms. The first kappa shape index (κ1) is 20.8. The second-order valence-corrected chi connectivity index (χ2v) is 8.98. The lowest BCUT2D eigenvalue weighted by molar-refractivity contribution is -0.114. The molecule has 1 amide bonds. The molecule has 9 heteroatoms. The number of carbonyl (C=O) groups is 1. The van der Waals surface area contributed by atoms with Crippen LogP contribution < -0.4 is 0 Å². The number of hydrogen-bond donors (Lipinski definition) is 1. The molecule has 3 aromatic rings. The number of carbonyl (C=O) groups excluding carboxylic acids is 1. The van der Waals surface area contributed by atoms with Gasteiger partial charge < -0.3 is 4.42 Å². The van der Waals surface area contributed by atoms with Crippen molar-refractivity contribution < 1.29 is 9.21 Å². The molecule has 0 radical (unpaired) electrons. The van der Waals surface area contributed by atoms with E-state index in [1.165, 1.54) is 22.8 Å². The predicted molar refractivity (Wildman–Crippen MR) is 129 cm³/mol. The van der Waals surface area contributed by atoms with Crippen molar-refractivity contribution in [3.63, 3.8) is 0 Å². The van der Waals surface area contributed by atoms with Crippen molar-refractivity contribution in [2.75, 3.05) is 0 Å². The molecule has 0 atom stereocenters. The number of aliphatic imine (C=N–C) groups is 1. The zero-order valence-corrected chi connectivity index (χ0v) is 18.9. The number of thioether (sulfide) groups is 1. The number of fused-ring (bicyclic) bond motifs is 1. The lowest BCUT2D eigenvalue weighted by Gasteiger charge is -2.19. The highest BCUT2D eigenvalue weighted by molar-refractivity contribution is 8.27. The van der Waals surface area contributed by atoms with E-state index in [0.717, 1.165) is 11.1 Å². The van der Waals surface area contributed by atoms with Crippen molar-refractivity contribution in [1.29, 1.82) is 5.41 Å². The second kappa shape index (κ2) is 8.09. The summed E-state index contributed by atoms with van der Waals surface area (Å²) in [5, 5.41) is 16.4. The van der Waals surface area contributed by atoms with Crippen molar-refractivity contribution in [3.05, 3.63) is 87.1 Å². The summed E-state index contributed by atoms with van der Waals surface area (Å²) in [6, 6.07) is 16.4. The molecular weight excluding hydrogens is 467 g/mol. The van der Waals surface area contributed by atoms with Gasteiger partial charge in [0, 0.05) is 21.2 Å². The summed E-state index contributed by atoms with van der Waals surface area (Å²) in [6.07, 6.45) is 1.49. The van der Waals surface area contributed by atoms with Crippen LogP contribution in [-0.4, -0.2) is 27.0 Å². The summed E-state index contributed by atoms with van der Waals surface area (Å²) in [5.41, 5.74) is 2.84. The fourth-order valence-corrected chi connectivity index (χ4v) is 4.65. The van der Waals surface area contributed by atoms with Crippen LogP contribution in [0.5, 0.6) is 0 Å². The van der Waals surface area contributed by atoms with E-state index in [0.29, 0.717) is 37.3 Å². The van der Waals surface area contributed by atoms with Crippen LogP contribution in [0.25, 0.3) is 17.4 Å². The zero-order chi connectivity index (χ0) is 22.4. The summed E-state index contributed by atoms with van der Waals surface area (Å²) in [7, 11) is 0. The first-order valence-electron chi connectivity index (χ1n) is 9.51. The predicted octanol–water partition coefficient (Wildman–Crippen LogP) is 6.23. The van der Waals surface area contributed by atoms with E-state index < -0.39 is 5.91 Å². The van der Waals surface area contributed by atoms with Gasteiger partial charge in [0.1, 0.15) is 16.6 Å². The molecule has 2 aliphatic rings. The number of rotatable bonds is 3. The average Bonchev–Trinajstić information content (AvgIpc) is 3.38. The largest absolute Gasteiger partial charge is 0.457 e. The topological polar surface area (TPSA) is 82.0 Å². The number of hydrogen-bond acceptors (Lipinski definition) is 5. The third-order valence-electron chi connectivity index (χ3n) is 4.81. The van der Waals surface area contributed by atoms with Crippen molar-refractivity contribution in [2.45, 2.75) is 6.92 Å². The Bertz CT molecular complexity index is 1350. The summed E-state index contributed by atoms with van der Waals surface area (Å²) in [4.78, 5) is 16.8. The molecule has 0 fully saturated rings. The Morgan fingerprint density at radius 3 is 2.47 bits per heavy atom. The molecule has 1 aromatic heterocycles. The van der Waals surface area contributed by atoms with Crippen molar-refractivity contribution in [1.82, 2.24) is 5.01 Å². The maximum atomic E-state index is 12.6. The highest BCUT2D eigenvalue weighted by Gasteiger charge is 2.36. The van der Waals surface area contributed by atoms with Crippen molar-refractivity contribution >= 4 is 63.0 Å². The van der Waals surface area contributed by atoms with Crippen LogP contribution in [0.1, 0.15) is 16.9 Å². The van der Waals surface area contributed by atoms with E-state index >= 15 is 0 Å². The van der Waals surface area contributed by atoms with Crippen LogP contribution >= 0.6 is 35.0 Å². The van der Waals surface area contributed by atoms with Gasteiger partial charge in [0.15, 0.2) is 5.84 Å². The molecule has 158 valence electrons. The number of nitrogens with zero attached hydrogens (tertiary/aromatic N) is 3. The zero-order valence-electron chi connectivity index (χ0n) is 16.6. The Morgan fingerprint density at radius 1 is 1.03 bits per heavy atom. The lowest BCUT2D eigenvalue weighted by Crippen LogP contribution is -2.35. The van der Waals surface area contributed by atoms with E-state index in [4.69, 9.17) is 33.0 Å². The summed E-state index contributed by atoms with van der Waals surface area (Å²) >= 11 is 13.4. The molecule has 0 saturated carbocycles. The first-order chi connectivity index (χ1) is 15.4. The van der Waals surface area contributed by atoms with Crippen LogP contribution in [0.15, 0.2) is 74.7 Å². The van der Waals surface area contributed by atoms with Gasteiger partial charge in [-0.1, -0.05) is 53.0 Å². The number of halogens is 2. The standard InChI is InChI=1S/C23H14Cl2N4O2S/c1-12-2-4-13(5-3-12)22-28-29-20(26)18(21(30)27-23(29)32-22)11-17-6-7-19(31-17)14-8-15(24)10-16(25)9-14/h2-11,26H,1H3/b18-11-,26-20?. The molecule has 2 aromatic carbocycles. The van der Waals surface area contributed by atoms with Crippen LogP contribution in [0.2, 0.25) is 10.0 Å². The molecule has 2 aliphatic heterocycles. The SMILES string of the molecule is Cc1ccc(C2=NN3C(=N)/C(=C/c4ccc(-c5cc(Cl)cc(Cl)c5)o4)C(=O)N=C3S2)cc1. The number of benzene rings is 2. The normalized spacial score (nSPS) is 17.0. The Balaban J connectivity index is 1.44. The number of amides is 1. The molecular formula is C23H14Cl2N4O2S. The molecule has 5 rings (SSSR count). The fourth-order valence-electron chi connectivity index (χ4n) is 3.23. The summed E-state index contributed by atoms with van der Waals surface area (Å²) in [6.45, 7) is 2.01. The van der Waals surface area contributed by atoms with Crippen LogP contribution in [0.4, 0.5) is 0 Å². The third-order valence-corrected chi connectivity index (χ3v) is 6.21. The molecule has 0 unspecified atom stereocenters. The van der Waals surface area contributed by atoms with E-state index in [1.54, 1.807) is 30.3 Å². The Kier molecular flexibility index (Phi) is 5.25. The average molecular weight is 481 g/mol. The molecule has 6 nitrogen and oxygen atoms in total. The number of amidine groups is 2. The van der Waals surface area contributed by atoms with Gasteiger partial charge in [-0.25, -0.2) is 0 Å². The molecule has 0 spiro atoms. The molecule has 3 heterocycles. The van der Waals surface area contributed by atoms with Gasteiger partial charge in [-0.05, 0) is 55.1 Å². The second-order valence-electron chi connectivity index (χ2n) is 7.15. The van der Waals surface area contributed by atoms with Gasteiger partial charge in [0.05, 0.1) is 5.57 Å². The van der Waals surface area contributed by atoms with E-state index in [1.807, 2.05) is 31.2 Å². The Morgan fingerprint density at radius 2 is 1.75 bits per heavy atom. The van der Waals surface area contributed by atoms with Crippen LogP contribution in [-0.2, 0) is 4.79 Å². The van der Waals surface area contributed by atoms with Gasteiger partial charge in [-0.2, -0.15) is 15.1 Å². The van der Waals surface area contributed by atoms with Gasteiger partial charge in [-0.15, -0.1) is 0 Å². The maximum Gasteiger partial charge on any atom is 0.283 e. The van der Waals surface area contributed by atoms with Gasteiger partial charge in [0.25, 0.3) is 5.91 Å². The highest BCUT2D eigenvalue weighted by atomic mass is 35.5. The molecule has 0 bridgehead atoms. The summed E-state index contributed by atoms with van der Waals surface area (Å²) in [5.74, 6) is 0.366. The van der Waals surface area contributed by atoms with Crippen LogP contribution in [0, 0.1) is 12.3 Å². The van der Waals surface area contributed by atoms with Crippen molar-refractivity contribution in [3.8, 4) is 11.3 Å². The highest BCUT2D eigenvalue weighted by Crippen LogP contribution is 2.32. The number of hydrazone groups is 1. The number of aryl methyl sites for hydroxylation is 1. The Labute approximate surface area is 197 Å². The lowest BCUT2D eigenvalue weighted by atomic mass is 10.1. The van der Waals surface area contributed by atoms with E-state index in [9.17, 15) is 4.79 Å². The minimum atomic E-state index is -0.516. The first-order valence-corrected chi connectivity index (χ1v) is 11.1. The van der Waals surface area contributed by atoms with Crippen molar-refractivity contribution in [2.24, 2.45) is 10.1 Å². The molecule has 0 saturated heterocycles. The fraction of sp³-hybridized carbons (Fsp3) is 0.0435. The van der Waals surface area contributed by atoms with E-state index in [2.05, 4.69) is 10.1 Å². The number of nitrogens with one attached hydrogen (secondary N) is 1. The minimum absolute atomic E-state index is 0.0571. The quantitative estimate of drug-likeness (QED) is 0.450. The van der Waals surface area contributed by atoms with Gasteiger partial charge in [0.2, 0.25) is 5.17 Å². The maximum absolute atomic E-state index is 12.6. The van der Waals surface area contributed by atoms with Crippen LogP contribution in [0.3, 0.4) is 0 Å². The molecule has 0 aliphatic carbocycles. The molecule has 1 N–H and O–H groups in total. The smallest absolute Gasteiger partial charge is 0.283 e. The number of furan rings is 1. The monoisotopic (exact) mass is 480 g/mol. The van der Waals surface area contributed by atoms with Gasteiger partial charge >= 0.3 is 0 Å². The van der Waals surface area contributed by atoms with E-state index in [-0.39, 0.29) is 11.4 Å². The summed E-state index contributed by atoms with van der Waals surface area (Å²) < 4.78 is 5.84.